The van der Waals surface area contributed by atoms with Gasteiger partial charge in [-0.05, 0) is 74.8 Å². The maximum atomic E-state index is 13.8. The van der Waals surface area contributed by atoms with Gasteiger partial charge >= 0.3 is 0 Å². The van der Waals surface area contributed by atoms with Crippen molar-refractivity contribution in [1.29, 1.82) is 0 Å². The summed E-state index contributed by atoms with van der Waals surface area (Å²) in [5, 5.41) is 5.86. The molecule has 0 aromatic heterocycles. The van der Waals surface area contributed by atoms with E-state index in [1.807, 2.05) is 44.2 Å². The van der Waals surface area contributed by atoms with Crippen molar-refractivity contribution in [3.63, 3.8) is 0 Å². The van der Waals surface area contributed by atoms with Gasteiger partial charge in [-0.1, -0.05) is 38.1 Å². The van der Waals surface area contributed by atoms with Crippen LogP contribution in [0.4, 0.5) is 0 Å². The number of ether oxygens (including phenoxy) is 3. The van der Waals surface area contributed by atoms with E-state index >= 15 is 0 Å². The Balaban J connectivity index is 1.42. The largest absolute Gasteiger partial charge is 0.494 e. The molecule has 236 valence electrons. The molecule has 2 saturated heterocycles. The Morgan fingerprint density at radius 3 is 2.43 bits per heavy atom. The first-order valence-electron chi connectivity index (χ1n) is 15.7. The molecule has 10 heteroatoms. The van der Waals surface area contributed by atoms with E-state index in [9.17, 15) is 19.2 Å². The van der Waals surface area contributed by atoms with Crippen molar-refractivity contribution in [1.82, 2.24) is 15.5 Å². The highest BCUT2D eigenvalue weighted by Crippen LogP contribution is 2.30. The summed E-state index contributed by atoms with van der Waals surface area (Å²) in [6.07, 6.45) is 3.30. The topological polar surface area (TPSA) is 127 Å². The smallest absolute Gasteiger partial charge is 0.258 e. The van der Waals surface area contributed by atoms with E-state index in [1.54, 1.807) is 30.0 Å². The summed E-state index contributed by atoms with van der Waals surface area (Å²) < 4.78 is 17.3. The highest BCUT2D eigenvalue weighted by molar-refractivity contribution is 6.01. The Kier molecular flexibility index (Phi) is 9.88. The normalized spacial score (nSPS) is 24.9. The number of nitrogens with zero attached hydrogens (tertiary/aromatic N) is 1. The van der Waals surface area contributed by atoms with Crippen molar-refractivity contribution in [2.45, 2.75) is 83.0 Å². The molecular weight excluding hydrogens is 562 g/mol. The van der Waals surface area contributed by atoms with Gasteiger partial charge in [0.1, 0.15) is 29.2 Å². The van der Waals surface area contributed by atoms with Crippen LogP contribution >= 0.6 is 0 Å². The second kappa shape index (κ2) is 13.8. The second-order valence-electron chi connectivity index (χ2n) is 12.5. The lowest BCUT2D eigenvalue weighted by Crippen LogP contribution is -2.57. The summed E-state index contributed by atoms with van der Waals surface area (Å²) in [4.78, 5) is 56.2. The summed E-state index contributed by atoms with van der Waals surface area (Å²) in [7, 11) is 0. The van der Waals surface area contributed by atoms with Crippen LogP contribution in [0.1, 0.15) is 68.8 Å². The first-order valence-corrected chi connectivity index (χ1v) is 15.7. The van der Waals surface area contributed by atoms with Gasteiger partial charge in [0.25, 0.3) is 5.91 Å². The number of hydrogen-bond acceptors (Lipinski definition) is 7. The van der Waals surface area contributed by atoms with Crippen LogP contribution in [0.5, 0.6) is 11.5 Å². The van der Waals surface area contributed by atoms with Crippen LogP contribution in [0.25, 0.3) is 0 Å². The predicted octanol–water partition coefficient (Wildman–Crippen LogP) is 3.46. The Bertz CT molecular complexity index is 1350. The molecule has 6 rings (SSSR count). The maximum absolute atomic E-state index is 13.8. The number of epoxide rings is 1. The van der Waals surface area contributed by atoms with Crippen LogP contribution < -0.4 is 20.1 Å². The fourth-order valence-electron chi connectivity index (χ4n) is 5.81. The number of para-hydroxylation sites is 1. The number of amides is 3. The molecule has 0 spiro atoms. The zero-order valence-corrected chi connectivity index (χ0v) is 25.8. The molecule has 0 unspecified atom stereocenters. The molecule has 2 bridgehead atoms. The lowest BCUT2D eigenvalue weighted by atomic mass is 9.93. The van der Waals surface area contributed by atoms with Gasteiger partial charge in [0.05, 0.1) is 31.4 Å². The van der Waals surface area contributed by atoms with E-state index in [2.05, 4.69) is 10.6 Å². The van der Waals surface area contributed by atoms with Crippen LogP contribution in [0, 0.1) is 5.92 Å². The van der Waals surface area contributed by atoms with Crippen molar-refractivity contribution in [2.75, 3.05) is 26.4 Å². The fraction of sp³-hybridized carbons (Fsp3) is 0.529. The third-order valence-corrected chi connectivity index (χ3v) is 8.43. The van der Waals surface area contributed by atoms with Crippen LogP contribution in [0.3, 0.4) is 0 Å². The van der Waals surface area contributed by atoms with Crippen LogP contribution in [-0.4, -0.2) is 78.5 Å². The molecule has 2 N–H and O–H groups in total. The van der Waals surface area contributed by atoms with Gasteiger partial charge in [0, 0.05) is 13.0 Å². The maximum Gasteiger partial charge on any atom is 0.258 e. The minimum atomic E-state index is -0.972. The molecule has 0 saturated carbocycles. The number of ketones is 1. The van der Waals surface area contributed by atoms with Crippen molar-refractivity contribution in [3.8, 4) is 11.5 Å². The third-order valence-electron chi connectivity index (χ3n) is 8.43. The lowest BCUT2D eigenvalue weighted by molar-refractivity contribution is -0.134. The summed E-state index contributed by atoms with van der Waals surface area (Å²) in [5.74, 6) is 0.0135. The average Bonchev–Trinajstić information content (AvgIpc) is 3.56. The molecule has 2 aromatic carbocycles. The van der Waals surface area contributed by atoms with Gasteiger partial charge in [-0.2, -0.15) is 0 Å². The number of carbonyl (C=O) groups excluding carboxylic acids is 4. The number of Topliss-reactive ketones (excluding diaryl/α,β-unsaturated/α-hetero) is 1. The third kappa shape index (κ3) is 7.59. The Labute approximate surface area is 258 Å². The van der Waals surface area contributed by atoms with Crippen LogP contribution in [-0.2, 0) is 25.5 Å². The first-order chi connectivity index (χ1) is 21.1. The average molecular weight is 606 g/mol. The van der Waals surface area contributed by atoms with Gasteiger partial charge in [0.2, 0.25) is 11.8 Å². The lowest BCUT2D eigenvalue weighted by Gasteiger charge is -2.28. The van der Waals surface area contributed by atoms with Crippen molar-refractivity contribution >= 4 is 23.5 Å². The summed E-state index contributed by atoms with van der Waals surface area (Å²) in [6.45, 7) is 7.39. The number of rotatable bonds is 6. The van der Waals surface area contributed by atoms with Crippen molar-refractivity contribution in [2.24, 2.45) is 5.92 Å². The molecule has 2 fully saturated rings. The zero-order valence-electron chi connectivity index (χ0n) is 25.8. The second-order valence-corrected chi connectivity index (χ2v) is 12.5. The molecule has 10 nitrogen and oxygen atoms in total. The van der Waals surface area contributed by atoms with Gasteiger partial charge in [-0.3, -0.25) is 19.2 Å². The SMILES string of the molecule is CC(C)C[C@H](NC(=O)[C@@H]1Cc2ccc(cc2)OCCCCOc2ccccc2C(=O)N2CCC[C@H]2C(=O)N1)C(=O)[C@@]1(C)CO1. The van der Waals surface area contributed by atoms with Gasteiger partial charge in [-0.15, -0.1) is 0 Å². The van der Waals surface area contributed by atoms with Gasteiger partial charge in [-0.25, -0.2) is 0 Å². The minimum absolute atomic E-state index is 0.146. The molecule has 3 amide bonds. The van der Waals surface area contributed by atoms with E-state index in [-0.39, 0.29) is 24.0 Å². The summed E-state index contributed by atoms with van der Waals surface area (Å²) >= 11 is 0. The Morgan fingerprint density at radius 2 is 1.73 bits per heavy atom. The van der Waals surface area contributed by atoms with Crippen molar-refractivity contribution in [3.05, 3.63) is 59.7 Å². The summed E-state index contributed by atoms with van der Waals surface area (Å²) in [5.41, 5.74) is 0.328. The zero-order chi connectivity index (χ0) is 31.3. The molecule has 2 aromatic rings. The number of benzene rings is 2. The molecule has 0 aliphatic carbocycles. The number of hydrogen-bond donors (Lipinski definition) is 2. The van der Waals surface area contributed by atoms with Crippen LogP contribution in [0.15, 0.2) is 48.5 Å². The quantitative estimate of drug-likeness (QED) is 0.483. The van der Waals surface area contributed by atoms with E-state index in [0.29, 0.717) is 62.7 Å². The van der Waals surface area contributed by atoms with E-state index < -0.39 is 35.5 Å². The first kappa shape index (κ1) is 31.5. The number of fused-ring (bicyclic) bond motifs is 10. The molecule has 4 heterocycles. The van der Waals surface area contributed by atoms with Gasteiger partial charge in [0.15, 0.2) is 5.78 Å². The predicted molar refractivity (Wildman–Crippen MR) is 164 cm³/mol. The highest BCUT2D eigenvalue weighted by atomic mass is 16.6. The Hall–Kier alpha value is -3.92. The standard InChI is InChI=1S/C34H43N3O7/c1-22(2)19-26(30(38)34(3)21-44-34)35-31(39)27-20-23-12-14-24(15-13-23)42-17-6-7-18-43-29-11-5-4-9-25(29)33(41)37-16-8-10-28(37)32(40)36-27/h4-5,9,11-15,22,26-28H,6-8,10,16-21H2,1-3H3,(H,35,39)(H,36,40)/t26-,27-,28-,34+/m0/s1. The van der Waals surface area contributed by atoms with E-state index in [1.165, 1.54) is 0 Å². The van der Waals surface area contributed by atoms with E-state index in [0.717, 1.165) is 18.4 Å². The van der Waals surface area contributed by atoms with E-state index in [4.69, 9.17) is 14.2 Å². The monoisotopic (exact) mass is 605 g/mol. The highest BCUT2D eigenvalue weighted by Gasteiger charge is 2.50. The molecule has 0 radical (unpaired) electrons. The molecule has 4 aliphatic heterocycles. The Morgan fingerprint density at radius 1 is 1.02 bits per heavy atom. The molecule has 44 heavy (non-hydrogen) atoms. The molecule has 4 aliphatic rings. The van der Waals surface area contributed by atoms with Crippen LogP contribution in [0.2, 0.25) is 0 Å². The number of carbonyl (C=O) groups is 4. The molecular formula is C34H43N3O7. The van der Waals surface area contributed by atoms with Crippen molar-refractivity contribution < 1.29 is 33.4 Å². The number of nitrogens with one attached hydrogen (secondary N) is 2. The summed E-state index contributed by atoms with van der Waals surface area (Å²) in [6, 6.07) is 12.1. The minimum Gasteiger partial charge on any atom is -0.494 e. The van der Waals surface area contributed by atoms with Gasteiger partial charge < -0.3 is 29.7 Å². The fourth-order valence-corrected chi connectivity index (χ4v) is 5.81. The molecule has 4 atom stereocenters.